The first kappa shape index (κ1) is 20.6. The van der Waals surface area contributed by atoms with Crippen molar-refractivity contribution in [2.45, 2.75) is 18.9 Å². The summed E-state index contributed by atoms with van der Waals surface area (Å²) in [5.41, 5.74) is 3.51. The number of anilines is 1. The average Bonchev–Trinajstić information content (AvgIpc) is 2.69. The summed E-state index contributed by atoms with van der Waals surface area (Å²) in [5.74, 6) is -1.22. The second kappa shape index (κ2) is 8.08. The highest BCUT2D eigenvalue weighted by Gasteiger charge is 2.46. The number of methoxy groups -OCH3 is 1. The van der Waals surface area contributed by atoms with E-state index in [1.807, 2.05) is 0 Å². The third kappa shape index (κ3) is 3.88. The number of nitrogens with zero attached hydrogens (tertiary/aromatic N) is 2. The molecule has 7 nitrogen and oxygen atoms in total. The number of carbonyl (C=O) groups is 1. The Kier molecular flexibility index (Phi) is 5.73. The number of ether oxygens (including phenoxy) is 2. The number of pyridine rings is 1. The highest BCUT2D eigenvalue weighted by atomic mass is 19.3. The second-order valence-electron chi connectivity index (χ2n) is 6.46. The van der Waals surface area contributed by atoms with Crippen molar-refractivity contribution >= 4 is 17.4 Å². The van der Waals surface area contributed by atoms with Crippen molar-refractivity contribution < 1.29 is 27.4 Å². The summed E-state index contributed by atoms with van der Waals surface area (Å²) in [6, 6.07) is 4.92. The number of alkyl halides is 2. The topological polar surface area (TPSA) is 98.8 Å². The van der Waals surface area contributed by atoms with Crippen LogP contribution in [0.3, 0.4) is 0 Å². The lowest BCUT2D eigenvalue weighted by molar-refractivity contribution is -0.0145. The molecule has 1 aliphatic heterocycles. The van der Waals surface area contributed by atoms with Gasteiger partial charge < -0.3 is 20.5 Å². The third-order valence-corrected chi connectivity index (χ3v) is 4.56. The van der Waals surface area contributed by atoms with E-state index in [-0.39, 0.29) is 23.8 Å². The summed E-state index contributed by atoms with van der Waals surface area (Å²) in [5, 5.41) is 2.54. The van der Waals surface area contributed by atoms with E-state index in [0.717, 1.165) is 12.1 Å². The summed E-state index contributed by atoms with van der Waals surface area (Å²) in [7, 11) is 1.46. The Morgan fingerprint density at radius 1 is 1.38 bits per heavy atom. The van der Waals surface area contributed by atoms with Gasteiger partial charge in [0.15, 0.2) is 5.54 Å². The van der Waals surface area contributed by atoms with Crippen molar-refractivity contribution in [3.05, 3.63) is 53.1 Å². The number of rotatable bonds is 5. The fourth-order valence-electron chi connectivity index (χ4n) is 3.09. The molecule has 2 aromatic rings. The molecule has 2 heterocycles. The maximum absolute atomic E-state index is 14.5. The van der Waals surface area contributed by atoms with E-state index in [4.69, 9.17) is 15.2 Å². The van der Waals surface area contributed by atoms with E-state index in [2.05, 4.69) is 15.3 Å². The number of nitrogens with two attached hydrogens (primary N) is 1. The lowest BCUT2D eigenvalue weighted by atomic mass is 9.90. The third-order valence-electron chi connectivity index (χ3n) is 4.56. The van der Waals surface area contributed by atoms with E-state index in [1.54, 1.807) is 13.0 Å². The van der Waals surface area contributed by atoms with Gasteiger partial charge in [0.25, 0.3) is 12.3 Å². The number of benzene rings is 1. The van der Waals surface area contributed by atoms with Crippen LogP contribution in [0.2, 0.25) is 0 Å². The minimum atomic E-state index is -3.08. The van der Waals surface area contributed by atoms with E-state index in [9.17, 15) is 18.0 Å². The molecule has 0 saturated heterocycles. The highest BCUT2D eigenvalue weighted by molar-refractivity contribution is 6.04. The molecule has 1 aliphatic rings. The fourth-order valence-corrected chi connectivity index (χ4v) is 3.09. The number of halogens is 3. The molecule has 1 aromatic carbocycles. The van der Waals surface area contributed by atoms with Gasteiger partial charge in [-0.15, -0.1) is 0 Å². The summed E-state index contributed by atoms with van der Waals surface area (Å²) < 4.78 is 52.5. The van der Waals surface area contributed by atoms with Crippen molar-refractivity contribution in [2.24, 2.45) is 10.7 Å². The van der Waals surface area contributed by atoms with Crippen molar-refractivity contribution in [1.82, 2.24) is 4.98 Å². The van der Waals surface area contributed by atoms with Gasteiger partial charge in [-0.25, -0.2) is 13.2 Å². The average molecular weight is 408 g/mol. The molecule has 0 fully saturated rings. The van der Waals surface area contributed by atoms with Crippen LogP contribution >= 0.6 is 0 Å². The van der Waals surface area contributed by atoms with Crippen LogP contribution in [-0.4, -0.2) is 43.5 Å². The highest BCUT2D eigenvalue weighted by Crippen LogP contribution is 2.38. The Hall–Kier alpha value is -3.14. The van der Waals surface area contributed by atoms with Crippen LogP contribution in [0.1, 0.15) is 21.6 Å². The van der Waals surface area contributed by atoms with E-state index in [1.165, 1.54) is 19.4 Å². The zero-order valence-electron chi connectivity index (χ0n) is 15.7. The first-order valence-corrected chi connectivity index (χ1v) is 8.59. The molecule has 1 aromatic heterocycles. The van der Waals surface area contributed by atoms with Crippen molar-refractivity contribution in [3.8, 4) is 5.75 Å². The lowest BCUT2D eigenvalue weighted by Gasteiger charge is -2.33. The van der Waals surface area contributed by atoms with Gasteiger partial charge in [0.05, 0.1) is 13.7 Å². The summed E-state index contributed by atoms with van der Waals surface area (Å²) in [6.45, 7) is 0.989. The monoisotopic (exact) mass is 408 g/mol. The molecule has 1 amide bonds. The minimum absolute atomic E-state index is 0.0852. The van der Waals surface area contributed by atoms with E-state index in [0.29, 0.717) is 11.3 Å². The van der Waals surface area contributed by atoms with Gasteiger partial charge in [0.2, 0.25) is 0 Å². The van der Waals surface area contributed by atoms with Gasteiger partial charge in [-0.1, -0.05) is 0 Å². The summed E-state index contributed by atoms with van der Waals surface area (Å²) >= 11 is 0. The largest absolute Gasteiger partial charge is 0.496 e. The van der Waals surface area contributed by atoms with Gasteiger partial charge >= 0.3 is 0 Å². The Labute approximate surface area is 164 Å². The van der Waals surface area contributed by atoms with Crippen LogP contribution in [0.4, 0.5) is 18.9 Å². The number of carbonyl (C=O) groups excluding carboxylic acids is 1. The minimum Gasteiger partial charge on any atom is -0.496 e. The Balaban J connectivity index is 1.98. The van der Waals surface area contributed by atoms with Gasteiger partial charge in [0, 0.05) is 23.0 Å². The molecule has 0 bridgehead atoms. The normalized spacial score (nSPS) is 19.0. The molecular weight excluding hydrogens is 389 g/mol. The Morgan fingerprint density at radius 2 is 2.14 bits per heavy atom. The van der Waals surface area contributed by atoms with Gasteiger partial charge in [-0.2, -0.15) is 0 Å². The predicted octanol–water partition coefficient (Wildman–Crippen LogP) is 2.64. The molecule has 0 aliphatic carbocycles. The summed E-state index contributed by atoms with van der Waals surface area (Å²) in [6.07, 6.45) is -1.68. The van der Waals surface area contributed by atoms with Crippen molar-refractivity contribution in [1.29, 1.82) is 0 Å². The molecule has 29 heavy (non-hydrogen) atoms. The molecule has 0 saturated carbocycles. The number of aliphatic imine (C=N–C) groups is 1. The molecule has 0 unspecified atom stereocenters. The number of hydrogen-bond donors (Lipinski definition) is 2. The van der Waals surface area contributed by atoms with Crippen molar-refractivity contribution in [3.63, 3.8) is 0 Å². The molecule has 154 valence electrons. The molecular formula is C19H19F3N4O3. The number of aromatic nitrogens is 1. The molecule has 0 radical (unpaired) electrons. The first-order chi connectivity index (χ1) is 13.8. The van der Waals surface area contributed by atoms with Crippen molar-refractivity contribution in [2.75, 3.05) is 25.6 Å². The fraction of sp³-hybridized carbons (Fsp3) is 0.316. The Morgan fingerprint density at radius 3 is 2.79 bits per heavy atom. The predicted molar refractivity (Wildman–Crippen MR) is 100 cm³/mol. The summed E-state index contributed by atoms with van der Waals surface area (Å²) in [4.78, 5) is 20.4. The first-order valence-electron chi connectivity index (χ1n) is 8.59. The molecule has 1 atom stereocenters. The zero-order valence-corrected chi connectivity index (χ0v) is 15.7. The van der Waals surface area contributed by atoms with E-state index >= 15 is 0 Å². The molecule has 3 N–H and O–H groups in total. The van der Waals surface area contributed by atoms with Crippen LogP contribution in [0, 0.1) is 12.7 Å². The standard InChI is InChI=1S/C19H19F3N4O3/c1-10-14(28-2)5-6-24-16(10)17(27)25-11-3-4-13(20)12(7-11)19(18(21)22)9-29-8-15(23)26-19/h3-7,18H,8-9H2,1-2H3,(H2,23,26)(H,25,27)/t19-/m0/s1. The quantitative estimate of drug-likeness (QED) is 0.793. The van der Waals surface area contributed by atoms with Crippen LogP contribution in [0.25, 0.3) is 0 Å². The number of amides is 1. The van der Waals surface area contributed by atoms with E-state index < -0.39 is 35.9 Å². The van der Waals surface area contributed by atoms with Crippen LogP contribution in [0.15, 0.2) is 35.5 Å². The van der Waals surface area contributed by atoms with Gasteiger partial charge in [0.1, 0.15) is 29.7 Å². The number of nitrogens with one attached hydrogen (secondary N) is 1. The van der Waals surface area contributed by atoms with Crippen LogP contribution < -0.4 is 15.8 Å². The number of hydrogen-bond acceptors (Lipinski definition) is 6. The number of amidine groups is 1. The maximum atomic E-state index is 14.5. The second-order valence-corrected chi connectivity index (χ2v) is 6.46. The molecule has 3 rings (SSSR count). The lowest BCUT2D eigenvalue weighted by Crippen LogP contribution is -2.45. The zero-order chi connectivity index (χ0) is 21.2. The smallest absolute Gasteiger partial charge is 0.274 e. The van der Waals surface area contributed by atoms with Gasteiger partial charge in [-0.05, 0) is 31.2 Å². The van der Waals surface area contributed by atoms with Crippen LogP contribution in [-0.2, 0) is 10.3 Å². The maximum Gasteiger partial charge on any atom is 0.274 e. The van der Waals surface area contributed by atoms with Gasteiger partial charge in [-0.3, -0.25) is 14.8 Å². The SMILES string of the molecule is COc1ccnc(C(=O)Nc2ccc(F)c([C@]3(C(F)F)COCC(N)=N3)c2)c1C. The Bertz CT molecular complexity index is 968. The molecule has 10 heteroatoms. The van der Waals surface area contributed by atoms with Crippen LogP contribution in [0.5, 0.6) is 5.75 Å². The molecule has 0 spiro atoms.